The second kappa shape index (κ2) is 3.82. The van der Waals surface area contributed by atoms with Crippen LogP contribution in [-0.2, 0) is 0 Å². The maximum atomic E-state index is 6.20. The van der Waals surface area contributed by atoms with E-state index in [2.05, 4.69) is 4.98 Å². The highest BCUT2D eigenvalue weighted by Crippen LogP contribution is 2.41. The average Bonchev–Trinajstić information content (AvgIpc) is 2.76. The largest absolute Gasteiger partial charge is 0.454 e. The van der Waals surface area contributed by atoms with Crippen molar-refractivity contribution in [2.45, 2.75) is 0 Å². The number of rotatable bonds is 1. The zero-order valence-corrected chi connectivity index (χ0v) is 9.57. The highest BCUT2D eigenvalue weighted by Gasteiger charge is 2.18. The molecule has 2 aromatic rings. The molecule has 0 radical (unpaired) electrons. The molecule has 5 heteroatoms. The summed E-state index contributed by atoms with van der Waals surface area (Å²) in [6, 6.07) is 5.38. The number of hydrogen-bond acceptors (Lipinski definition) is 4. The number of ether oxygens (including phenoxy) is 2. The van der Waals surface area contributed by atoms with Gasteiger partial charge in [0, 0.05) is 23.4 Å². The molecule has 0 saturated carbocycles. The van der Waals surface area contributed by atoms with Crippen LogP contribution in [0, 0.1) is 0 Å². The maximum absolute atomic E-state index is 6.20. The van der Waals surface area contributed by atoms with Gasteiger partial charge in [-0.2, -0.15) is 0 Å². The van der Waals surface area contributed by atoms with E-state index < -0.39 is 0 Å². The van der Waals surface area contributed by atoms with Gasteiger partial charge in [-0.05, 0) is 12.1 Å². The van der Waals surface area contributed by atoms with Gasteiger partial charge in [-0.3, -0.25) is 4.98 Å². The first-order valence-electron chi connectivity index (χ1n) is 5.05. The van der Waals surface area contributed by atoms with Crippen LogP contribution in [0.2, 0.25) is 5.02 Å². The van der Waals surface area contributed by atoms with Crippen molar-refractivity contribution in [3.63, 3.8) is 0 Å². The Morgan fingerprint density at radius 2 is 1.94 bits per heavy atom. The van der Waals surface area contributed by atoms with Gasteiger partial charge < -0.3 is 15.2 Å². The molecule has 1 aromatic heterocycles. The van der Waals surface area contributed by atoms with Crippen molar-refractivity contribution in [3.8, 4) is 22.6 Å². The van der Waals surface area contributed by atoms with E-state index in [-0.39, 0.29) is 6.79 Å². The molecule has 1 aliphatic rings. The molecule has 0 fully saturated rings. The molecule has 1 aliphatic heterocycles. The third-order valence-electron chi connectivity index (χ3n) is 2.60. The van der Waals surface area contributed by atoms with Crippen molar-refractivity contribution in [1.29, 1.82) is 0 Å². The molecule has 2 heterocycles. The number of pyridine rings is 1. The summed E-state index contributed by atoms with van der Waals surface area (Å²) in [5.74, 6) is 1.34. The van der Waals surface area contributed by atoms with Gasteiger partial charge in [0.1, 0.15) is 0 Å². The molecule has 1 aromatic carbocycles. The van der Waals surface area contributed by atoms with Crippen molar-refractivity contribution in [3.05, 3.63) is 35.6 Å². The van der Waals surface area contributed by atoms with Gasteiger partial charge in [0.15, 0.2) is 11.5 Å². The summed E-state index contributed by atoms with van der Waals surface area (Å²) >= 11 is 6.20. The van der Waals surface area contributed by atoms with Crippen molar-refractivity contribution in [2.24, 2.45) is 0 Å². The van der Waals surface area contributed by atoms with E-state index in [1.807, 2.05) is 12.1 Å². The molecular formula is C12H9ClN2O2. The van der Waals surface area contributed by atoms with Crippen molar-refractivity contribution >= 4 is 17.3 Å². The van der Waals surface area contributed by atoms with Crippen LogP contribution in [0.3, 0.4) is 0 Å². The predicted octanol–water partition coefficient (Wildman–Crippen LogP) is 2.71. The topological polar surface area (TPSA) is 57.4 Å². The lowest BCUT2D eigenvalue weighted by Crippen LogP contribution is -1.93. The number of aromatic nitrogens is 1. The lowest BCUT2D eigenvalue weighted by Gasteiger charge is -2.08. The minimum Gasteiger partial charge on any atom is -0.454 e. The number of hydrogen-bond donors (Lipinski definition) is 1. The Morgan fingerprint density at radius 1 is 1.18 bits per heavy atom. The number of anilines is 1. The second-order valence-electron chi connectivity index (χ2n) is 3.65. The SMILES string of the molecule is Nc1cnccc1-c1cc2c(cc1Cl)OCO2. The molecular weight excluding hydrogens is 240 g/mol. The van der Waals surface area contributed by atoms with Crippen LogP contribution in [-0.4, -0.2) is 11.8 Å². The van der Waals surface area contributed by atoms with Gasteiger partial charge in [0.05, 0.1) is 16.9 Å². The monoisotopic (exact) mass is 248 g/mol. The van der Waals surface area contributed by atoms with E-state index in [4.69, 9.17) is 26.8 Å². The molecule has 0 amide bonds. The van der Waals surface area contributed by atoms with Crippen LogP contribution in [0.25, 0.3) is 11.1 Å². The van der Waals surface area contributed by atoms with E-state index in [0.29, 0.717) is 22.2 Å². The third-order valence-corrected chi connectivity index (χ3v) is 2.92. The number of nitrogen functional groups attached to an aromatic ring is 1. The Morgan fingerprint density at radius 3 is 2.71 bits per heavy atom. The summed E-state index contributed by atoms with van der Waals surface area (Å²) in [5.41, 5.74) is 8.10. The Labute approximate surface area is 103 Å². The average molecular weight is 249 g/mol. The molecule has 0 aliphatic carbocycles. The molecule has 0 bridgehead atoms. The normalized spacial score (nSPS) is 12.8. The molecule has 4 nitrogen and oxygen atoms in total. The molecule has 0 spiro atoms. The number of benzene rings is 1. The van der Waals surface area contributed by atoms with Crippen LogP contribution in [0.5, 0.6) is 11.5 Å². The van der Waals surface area contributed by atoms with Gasteiger partial charge in [-0.15, -0.1) is 0 Å². The summed E-state index contributed by atoms with van der Waals surface area (Å²) in [6.07, 6.45) is 3.27. The van der Waals surface area contributed by atoms with Gasteiger partial charge in [0.25, 0.3) is 0 Å². The number of fused-ring (bicyclic) bond motifs is 1. The second-order valence-corrected chi connectivity index (χ2v) is 4.06. The number of nitrogens with two attached hydrogens (primary N) is 1. The smallest absolute Gasteiger partial charge is 0.231 e. The van der Waals surface area contributed by atoms with E-state index >= 15 is 0 Å². The number of halogens is 1. The van der Waals surface area contributed by atoms with Crippen molar-refractivity contribution in [1.82, 2.24) is 4.98 Å². The van der Waals surface area contributed by atoms with Crippen molar-refractivity contribution in [2.75, 3.05) is 12.5 Å². The summed E-state index contributed by atoms with van der Waals surface area (Å²) in [4.78, 5) is 3.95. The fourth-order valence-corrected chi connectivity index (χ4v) is 2.03. The fourth-order valence-electron chi connectivity index (χ4n) is 1.78. The van der Waals surface area contributed by atoms with Gasteiger partial charge in [-0.1, -0.05) is 11.6 Å². The van der Waals surface area contributed by atoms with Gasteiger partial charge in [-0.25, -0.2) is 0 Å². The zero-order chi connectivity index (χ0) is 11.8. The Balaban J connectivity index is 2.19. The van der Waals surface area contributed by atoms with E-state index in [1.165, 1.54) is 0 Å². The molecule has 86 valence electrons. The zero-order valence-electron chi connectivity index (χ0n) is 8.81. The fraction of sp³-hybridized carbons (Fsp3) is 0.0833. The van der Waals surface area contributed by atoms with E-state index in [9.17, 15) is 0 Å². The first kappa shape index (κ1) is 10.2. The molecule has 2 N–H and O–H groups in total. The van der Waals surface area contributed by atoms with Crippen LogP contribution in [0.1, 0.15) is 0 Å². The van der Waals surface area contributed by atoms with Gasteiger partial charge in [0.2, 0.25) is 6.79 Å². The minimum atomic E-state index is 0.223. The van der Waals surface area contributed by atoms with Crippen LogP contribution in [0.4, 0.5) is 5.69 Å². The first-order chi connectivity index (χ1) is 8.25. The lowest BCUT2D eigenvalue weighted by molar-refractivity contribution is 0.174. The van der Waals surface area contributed by atoms with E-state index in [1.54, 1.807) is 18.5 Å². The van der Waals surface area contributed by atoms with Crippen LogP contribution < -0.4 is 15.2 Å². The molecule has 0 saturated heterocycles. The maximum Gasteiger partial charge on any atom is 0.231 e. The third kappa shape index (κ3) is 1.66. The Hall–Kier alpha value is -1.94. The van der Waals surface area contributed by atoms with E-state index in [0.717, 1.165) is 11.1 Å². The molecule has 3 rings (SSSR count). The summed E-state index contributed by atoms with van der Waals surface area (Å²) in [6.45, 7) is 0.223. The minimum absolute atomic E-state index is 0.223. The molecule has 0 atom stereocenters. The van der Waals surface area contributed by atoms with Crippen molar-refractivity contribution < 1.29 is 9.47 Å². The van der Waals surface area contributed by atoms with Gasteiger partial charge >= 0.3 is 0 Å². The van der Waals surface area contributed by atoms with Crippen LogP contribution >= 0.6 is 11.6 Å². The standard InChI is InChI=1S/C12H9ClN2O2/c13-9-4-12-11(16-6-17-12)3-8(9)7-1-2-15-5-10(7)14/h1-5H,6,14H2. The predicted molar refractivity (Wildman–Crippen MR) is 65.2 cm³/mol. The first-order valence-corrected chi connectivity index (χ1v) is 5.42. The summed E-state index contributed by atoms with van der Waals surface area (Å²) in [5, 5.41) is 0.576. The number of nitrogens with zero attached hydrogens (tertiary/aromatic N) is 1. The highest BCUT2D eigenvalue weighted by molar-refractivity contribution is 6.33. The Kier molecular flexibility index (Phi) is 2.30. The summed E-state index contributed by atoms with van der Waals surface area (Å²) in [7, 11) is 0. The summed E-state index contributed by atoms with van der Waals surface area (Å²) < 4.78 is 10.6. The molecule has 0 unspecified atom stereocenters. The lowest BCUT2D eigenvalue weighted by atomic mass is 10.0. The highest BCUT2D eigenvalue weighted by atomic mass is 35.5. The Bertz CT molecular complexity index is 587. The molecule has 17 heavy (non-hydrogen) atoms. The van der Waals surface area contributed by atoms with Crippen LogP contribution in [0.15, 0.2) is 30.6 Å². The quantitative estimate of drug-likeness (QED) is 0.843.